The van der Waals surface area contributed by atoms with Crippen molar-refractivity contribution in [2.75, 3.05) is 6.61 Å². The maximum Gasteiger partial charge on any atom is 0.306 e. The molecular weight excluding hydrogens is 671 g/mol. The molecule has 0 aliphatic rings. The minimum atomic E-state index is -0.791. The second kappa shape index (κ2) is 42.0. The van der Waals surface area contributed by atoms with Crippen molar-refractivity contribution in [2.45, 2.75) is 238 Å². The fourth-order valence-electron chi connectivity index (χ4n) is 6.79. The van der Waals surface area contributed by atoms with E-state index in [-0.39, 0.29) is 24.9 Å². The number of carbonyl (C=O) groups excluding carboxylic acids is 2. The van der Waals surface area contributed by atoms with E-state index in [1.807, 2.05) is 30.4 Å². The first-order chi connectivity index (χ1) is 26.5. The van der Waals surface area contributed by atoms with Crippen molar-refractivity contribution in [2.24, 2.45) is 0 Å². The normalized spacial score (nSPS) is 13.8. The topological polar surface area (TPSA) is 95.9 Å². The highest BCUT2D eigenvalue weighted by atomic mass is 16.5. The monoisotopic (exact) mass is 758 g/mol. The molecule has 1 amide bonds. The zero-order valence-electron chi connectivity index (χ0n) is 35.6. The third kappa shape index (κ3) is 36.8. The van der Waals surface area contributed by atoms with Crippen LogP contribution in [-0.4, -0.2) is 46.9 Å². The highest BCUT2D eigenvalue weighted by Gasteiger charge is 2.24. The molecule has 314 valence electrons. The first kappa shape index (κ1) is 51.8. The lowest BCUT2D eigenvalue weighted by Gasteiger charge is -2.24. The van der Waals surface area contributed by atoms with E-state index in [0.29, 0.717) is 19.3 Å². The zero-order chi connectivity index (χ0) is 39.6. The van der Waals surface area contributed by atoms with Gasteiger partial charge in [-0.05, 0) is 44.9 Å². The number of esters is 1. The summed E-state index contributed by atoms with van der Waals surface area (Å²) >= 11 is 0. The minimum absolute atomic E-state index is 0.0631. The molecular formula is C48H87NO5. The Hall–Kier alpha value is -2.18. The molecule has 54 heavy (non-hydrogen) atoms. The molecule has 0 aromatic heterocycles. The van der Waals surface area contributed by atoms with Crippen molar-refractivity contribution < 1.29 is 24.5 Å². The van der Waals surface area contributed by atoms with E-state index in [1.165, 1.54) is 103 Å². The summed E-state index contributed by atoms with van der Waals surface area (Å²) in [7, 11) is 0. The number of rotatable bonds is 40. The highest BCUT2D eigenvalue weighted by molar-refractivity contribution is 5.77. The number of nitrogens with one attached hydrogen (secondary N) is 1. The maximum absolute atomic E-state index is 13.1. The second-order valence-corrected chi connectivity index (χ2v) is 15.5. The Bertz CT molecular complexity index is 941. The highest BCUT2D eigenvalue weighted by Crippen LogP contribution is 2.17. The van der Waals surface area contributed by atoms with Gasteiger partial charge in [0.25, 0.3) is 0 Å². The standard InChI is InChI=1S/C48H87NO5/c1-4-7-10-13-16-19-22-23-26-29-32-35-38-41-48(53)54-44(39-36-33-30-27-24-20-17-14-11-8-5-2)42-47(52)49-45(43-50)46(51)40-37-34-31-28-25-21-18-15-12-9-6-3/h7,10,13,16,19,22-23,26,44-46,50-51H,4-6,8-9,11-12,14-15,17-18,20-21,24-25,27-43H2,1-3H3,(H,49,52)/b10-7+,16-13+,22-19-,26-23-. The van der Waals surface area contributed by atoms with E-state index in [9.17, 15) is 19.8 Å². The lowest BCUT2D eigenvalue weighted by atomic mass is 10.0. The van der Waals surface area contributed by atoms with Crippen molar-refractivity contribution in [3.05, 3.63) is 48.6 Å². The van der Waals surface area contributed by atoms with E-state index in [2.05, 4.69) is 44.3 Å². The van der Waals surface area contributed by atoms with Gasteiger partial charge in [0.15, 0.2) is 0 Å². The Kier molecular flexibility index (Phi) is 40.3. The molecule has 0 aromatic carbocycles. The Morgan fingerprint density at radius 1 is 0.556 bits per heavy atom. The summed E-state index contributed by atoms with van der Waals surface area (Å²) in [6, 6.07) is -0.706. The molecule has 0 aliphatic heterocycles. The second-order valence-electron chi connectivity index (χ2n) is 15.5. The van der Waals surface area contributed by atoms with Crippen LogP contribution in [0, 0.1) is 0 Å². The number of amides is 1. The van der Waals surface area contributed by atoms with Crippen LogP contribution in [0.2, 0.25) is 0 Å². The molecule has 0 bridgehead atoms. The lowest BCUT2D eigenvalue weighted by molar-refractivity contribution is -0.151. The number of carbonyl (C=O) groups is 2. The fourth-order valence-corrected chi connectivity index (χ4v) is 6.79. The molecule has 3 N–H and O–H groups in total. The quantitative estimate of drug-likeness (QED) is 0.0329. The largest absolute Gasteiger partial charge is 0.462 e. The van der Waals surface area contributed by atoms with Gasteiger partial charge in [0.05, 0.1) is 25.2 Å². The molecule has 0 rings (SSSR count). The van der Waals surface area contributed by atoms with Gasteiger partial charge in [-0.2, -0.15) is 0 Å². The summed E-state index contributed by atoms with van der Waals surface area (Å²) in [4.78, 5) is 26.0. The van der Waals surface area contributed by atoms with Gasteiger partial charge in [-0.3, -0.25) is 9.59 Å². The molecule has 0 saturated carbocycles. The predicted molar refractivity (Wildman–Crippen MR) is 232 cm³/mol. The SMILES string of the molecule is CC/C=C/C=C/C=C\C=C/CCCCCC(=O)OC(CCCCCCCCCCCCC)CC(=O)NC(CO)C(O)CCCCCCCCCCCCC. The number of hydrogen-bond acceptors (Lipinski definition) is 5. The van der Waals surface area contributed by atoms with Crippen LogP contribution in [0.3, 0.4) is 0 Å². The molecule has 0 heterocycles. The Morgan fingerprint density at radius 2 is 1.00 bits per heavy atom. The average molecular weight is 758 g/mol. The molecule has 3 unspecified atom stereocenters. The molecule has 6 heteroatoms. The number of aliphatic hydroxyl groups is 2. The number of ether oxygens (including phenoxy) is 1. The third-order valence-corrected chi connectivity index (χ3v) is 10.3. The molecule has 0 fully saturated rings. The van der Waals surface area contributed by atoms with Gasteiger partial charge in [0, 0.05) is 6.42 Å². The number of aliphatic hydroxyl groups excluding tert-OH is 2. The molecule has 0 saturated heterocycles. The minimum Gasteiger partial charge on any atom is -0.462 e. The van der Waals surface area contributed by atoms with Gasteiger partial charge < -0.3 is 20.3 Å². The molecule has 0 aliphatic carbocycles. The van der Waals surface area contributed by atoms with Gasteiger partial charge in [-0.25, -0.2) is 0 Å². The van der Waals surface area contributed by atoms with E-state index in [1.54, 1.807) is 0 Å². The zero-order valence-corrected chi connectivity index (χ0v) is 35.6. The average Bonchev–Trinajstić information content (AvgIpc) is 3.16. The first-order valence-electron chi connectivity index (χ1n) is 22.9. The van der Waals surface area contributed by atoms with Crippen molar-refractivity contribution in [1.29, 1.82) is 0 Å². The van der Waals surface area contributed by atoms with E-state index in [0.717, 1.165) is 70.6 Å². The fraction of sp³-hybridized carbons (Fsp3) is 0.792. The summed E-state index contributed by atoms with van der Waals surface area (Å²) in [5.41, 5.74) is 0. The van der Waals surface area contributed by atoms with Crippen LogP contribution in [0.1, 0.15) is 220 Å². The summed E-state index contributed by atoms with van der Waals surface area (Å²) in [5.74, 6) is -0.518. The van der Waals surface area contributed by atoms with Gasteiger partial charge in [-0.1, -0.05) is 211 Å². The van der Waals surface area contributed by atoms with Crippen molar-refractivity contribution in [3.8, 4) is 0 Å². The van der Waals surface area contributed by atoms with Gasteiger partial charge in [-0.15, -0.1) is 0 Å². The van der Waals surface area contributed by atoms with Gasteiger partial charge >= 0.3 is 5.97 Å². The first-order valence-corrected chi connectivity index (χ1v) is 22.9. The smallest absolute Gasteiger partial charge is 0.306 e. The molecule has 0 radical (unpaired) electrons. The Labute approximate surface area is 334 Å². The van der Waals surface area contributed by atoms with Crippen molar-refractivity contribution >= 4 is 11.9 Å². The van der Waals surface area contributed by atoms with Gasteiger partial charge in [0.1, 0.15) is 6.10 Å². The molecule has 0 spiro atoms. The molecule has 0 aromatic rings. The number of unbranched alkanes of at least 4 members (excludes halogenated alkanes) is 23. The summed E-state index contributed by atoms with van der Waals surface area (Å²) in [5, 5.41) is 23.6. The van der Waals surface area contributed by atoms with Crippen LogP contribution in [0.25, 0.3) is 0 Å². The summed E-state index contributed by atoms with van der Waals surface area (Å²) in [6.07, 6.45) is 48.8. The van der Waals surface area contributed by atoms with Crippen LogP contribution in [0.4, 0.5) is 0 Å². The van der Waals surface area contributed by atoms with E-state index < -0.39 is 18.2 Å². The predicted octanol–water partition coefficient (Wildman–Crippen LogP) is 13.1. The van der Waals surface area contributed by atoms with Crippen LogP contribution < -0.4 is 5.32 Å². The van der Waals surface area contributed by atoms with E-state index in [4.69, 9.17) is 4.74 Å². The Balaban J connectivity index is 4.64. The lowest BCUT2D eigenvalue weighted by Crippen LogP contribution is -2.46. The summed E-state index contributed by atoms with van der Waals surface area (Å²) < 4.78 is 5.88. The van der Waals surface area contributed by atoms with Crippen LogP contribution in [-0.2, 0) is 14.3 Å². The van der Waals surface area contributed by atoms with Crippen LogP contribution >= 0.6 is 0 Å². The van der Waals surface area contributed by atoms with E-state index >= 15 is 0 Å². The maximum atomic E-state index is 13.1. The van der Waals surface area contributed by atoms with Crippen LogP contribution in [0.15, 0.2) is 48.6 Å². The van der Waals surface area contributed by atoms with Crippen molar-refractivity contribution in [3.63, 3.8) is 0 Å². The molecule has 6 nitrogen and oxygen atoms in total. The van der Waals surface area contributed by atoms with Crippen molar-refractivity contribution in [1.82, 2.24) is 5.32 Å². The van der Waals surface area contributed by atoms with Crippen LogP contribution in [0.5, 0.6) is 0 Å². The Morgan fingerprint density at radius 3 is 1.50 bits per heavy atom. The molecule has 3 atom stereocenters. The third-order valence-electron chi connectivity index (χ3n) is 10.3. The summed E-state index contributed by atoms with van der Waals surface area (Å²) in [6.45, 7) is 6.31. The number of allylic oxidation sites excluding steroid dienone is 8. The van der Waals surface area contributed by atoms with Gasteiger partial charge in [0.2, 0.25) is 5.91 Å². The number of hydrogen-bond donors (Lipinski definition) is 3.